The average molecular weight is 682 g/mol. The molecule has 0 bridgehead atoms. The maximum Gasteiger partial charge on any atom is 0.138 e. The summed E-state index contributed by atoms with van der Waals surface area (Å²) in [4.78, 5) is 19.8. The lowest BCUT2D eigenvalue weighted by molar-refractivity contribution is 1.26. The van der Waals surface area contributed by atoms with Crippen LogP contribution in [0.25, 0.3) is 67.8 Å². The molecule has 0 spiro atoms. The van der Waals surface area contributed by atoms with Crippen LogP contribution in [0.1, 0.15) is 0 Å². The van der Waals surface area contributed by atoms with Gasteiger partial charge in [-0.2, -0.15) is 0 Å². The second-order valence-corrected chi connectivity index (χ2v) is 12.8. The van der Waals surface area contributed by atoms with Gasteiger partial charge in [-0.3, -0.25) is 0 Å². The molecule has 2 N–H and O–H groups in total. The van der Waals surface area contributed by atoms with E-state index in [-0.39, 0.29) is 0 Å². The third-order valence-electron chi connectivity index (χ3n) is 9.44. The van der Waals surface area contributed by atoms with Gasteiger partial charge in [0.25, 0.3) is 0 Å². The zero-order chi connectivity index (χ0) is 35.4. The predicted octanol–water partition coefficient (Wildman–Crippen LogP) is 12.6. The quantitative estimate of drug-likeness (QED) is 0.159. The first-order valence-corrected chi connectivity index (χ1v) is 17.8. The Morgan fingerprint density at radius 3 is 0.943 bits per heavy atom. The topological polar surface area (TPSA) is 60.6 Å². The third-order valence-corrected chi connectivity index (χ3v) is 9.44. The number of nitrogens with one attached hydrogen (secondary N) is 2. The molecule has 0 fully saturated rings. The van der Waals surface area contributed by atoms with Crippen LogP contribution in [0.5, 0.6) is 0 Å². The van der Waals surface area contributed by atoms with E-state index in [0.717, 1.165) is 84.9 Å². The molecule has 2 aromatic heterocycles. The molecular formula is C48H35N5. The Hall–Kier alpha value is -7.24. The average Bonchev–Trinajstić information content (AvgIpc) is 3.90. The van der Waals surface area contributed by atoms with Gasteiger partial charge < -0.3 is 14.9 Å². The lowest BCUT2D eigenvalue weighted by atomic mass is 10.1. The summed E-state index contributed by atoms with van der Waals surface area (Å²) in [6.45, 7) is 0. The number of para-hydroxylation sites is 1. The van der Waals surface area contributed by atoms with Gasteiger partial charge in [0, 0.05) is 50.4 Å². The largest absolute Gasteiger partial charge is 0.337 e. The number of aromatic amines is 2. The summed E-state index contributed by atoms with van der Waals surface area (Å²) < 4.78 is 0. The molecule has 252 valence electrons. The lowest BCUT2D eigenvalue weighted by Crippen LogP contribution is -2.09. The van der Waals surface area contributed by atoms with E-state index in [2.05, 4.69) is 185 Å². The van der Waals surface area contributed by atoms with Crippen molar-refractivity contribution in [2.24, 2.45) is 0 Å². The van der Waals surface area contributed by atoms with Crippen molar-refractivity contribution in [3.63, 3.8) is 0 Å². The van der Waals surface area contributed by atoms with E-state index in [1.807, 2.05) is 30.3 Å². The van der Waals surface area contributed by atoms with Gasteiger partial charge in [0.15, 0.2) is 0 Å². The van der Waals surface area contributed by atoms with Crippen molar-refractivity contribution in [3.05, 3.63) is 200 Å². The van der Waals surface area contributed by atoms with Gasteiger partial charge in [-0.05, 0) is 60.7 Å². The van der Waals surface area contributed by atoms with Gasteiger partial charge in [-0.15, -0.1) is 0 Å². The zero-order valence-corrected chi connectivity index (χ0v) is 28.9. The normalized spacial score (nSPS) is 11.0. The summed E-state index contributed by atoms with van der Waals surface area (Å²) in [7, 11) is 0. The monoisotopic (exact) mass is 681 g/mol. The second-order valence-electron chi connectivity index (χ2n) is 12.8. The highest BCUT2D eigenvalue weighted by molar-refractivity contribution is 5.84. The van der Waals surface area contributed by atoms with Crippen molar-refractivity contribution in [1.82, 2.24) is 19.9 Å². The van der Waals surface area contributed by atoms with Gasteiger partial charge in [0.1, 0.15) is 11.6 Å². The number of benzene rings is 7. The Balaban J connectivity index is 1.06. The Kier molecular flexibility index (Phi) is 8.48. The molecule has 0 saturated carbocycles. The van der Waals surface area contributed by atoms with E-state index in [9.17, 15) is 0 Å². The summed E-state index contributed by atoms with van der Waals surface area (Å²) in [5.41, 5.74) is 13.4. The molecule has 7 aromatic carbocycles. The molecule has 5 nitrogen and oxygen atoms in total. The number of aromatic nitrogens is 4. The van der Waals surface area contributed by atoms with Crippen molar-refractivity contribution in [2.75, 3.05) is 4.90 Å². The molecule has 0 amide bonds. The number of rotatable bonds is 9. The Morgan fingerprint density at radius 1 is 0.283 bits per heavy atom. The molecule has 0 aliphatic heterocycles. The van der Waals surface area contributed by atoms with E-state index in [1.165, 1.54) is 0 Å². The Labute approximate surface area is 309 Å². The van der Waals surface area contributed by atoms with Gasteiger partial charge in [0.05, 0.1) is 22.8 Å². The highest BCUT2D eigenvalue weighted by Gasteiger charge is 2.19. The fraction of sp³-hybridized carbons (Fsp3) is 0. The minimum absolute atomic E-state index is 0.827. The minimum Gasteiger partial charge on any atom is -0.337 e. The summed E-state index contributed by atoms with van der Waals surface area (Å²) >= 11 is 0. The number of anilines is 3. The van der Waals surface area contributed by atoms with Gasteiger partial charge in [0.2, 0.25) is 0 Å². The maximum absolute atomic E-state index is 5.12. The minimum atomic E-state index is 0.827. The summed E-state index contributed by atoms with van der Waals surface area (Å²) in [6.07, 6.45) is 0. The predicted molar refractivity (Wildman–Crippen MR) is 218 cm³/mol. The van der Waals surface area contributed by atoms with Crippen LogP contribution in [-0.4, -0.2) is 19.9 Å². The van der Waals surface area contributed by atoms with E-state index < -0.39 is 0 Å². The van der Waals surface area contributed by atoms with E-state index in [4.69, 9.17) is 9.97 Å². The van der Waals surface area contributed by atoms with Crippen LogP contribution in [0.2, 0.25) is 0 Å². The first-order valence-electron chi connectivity index (χ1n) is 17.8. The molecular weight excluding hydrogens is 647 g/mol. The van der Waals surface area contributed by atoms with E-state index in [0.29, 0.717) is 0 Å². The van der Waals surface area contributed by atoms with Gasteiger partial charge in [-0.1, -0.05) is 140 Å². The summed E-state index contributed by atoms with van der Waals surface area (Å²) in [5, 5.41) is 0. The number of imidazole rings is 2. The molecule has 9 aromatic rings. The summed E-state index contributed by atoms with van der Waals surface area (Å²) in [6, 6.07) is 69.1. The molecule has 0 aliphatic carbocycles. The molecule has 0 saturated heterocycles. The number of H-pyrrole nitrogens is 2. The first kappa shape index (κ1) is 31.7. The number of hydrogen-bond donors (Lipinski definition) is 2. The molecule has 9 rings (SSSR count). The summed E-state index contributed by atoms with van der Waals surface area (Å²) in [5.74, 6) is 1.65. The molecule has 0 atom stereocenters. The standard InChI is InChI=1S/C48H35N5/c1-6-16-34(17-7-1)43-44(35-18-8-2-9-19-35)50-47(49-43)38-26-30-41(31-27-38)53(40-24-14-5-15-25-40)42-32-28-39(29-33-42)48-51-45(36-20-10-3-11-21-36)46(52-48)37-22-12-4-13-23-37/h1-33H,(H,49,50)(H,51,52). The molecule has 2 heterocycles. The fourth-order valence-electron chi connectivity index (χ4n) is 6.82. The van der Waals surface area contributed by atoms with Crippen molar-refractivity contribution < 1.29 is 0 Å². The molecule has 5 heteroatoms. The SMILES string of the molecule is c1ccc(-c2nc(-c3ccc(N(c4ccccc4)c4ccc(-c5nc(-c6ccccc6)c(-c6ccccc6)[nH]5)cc4)cc3)[nH]c2-c2ccccc2)cc1. The van der Waals surface area contributed by atoms with Crippen LogP contribution < -0.4 is 4.90 Å². The Morgan fingerprint density at radius 2 is 0.585 bits per heavy atom. The van der Waals surface area contributed by atoms with Crippen molar-refractivity contribution in [1.29, 1.82) is 0 Å². The fourth-order valence-corrected chi connectivity index (χ4v) is 6.82. The Bertz CT molecular complexity index is 2280. The highest BCUT2D eigenvalue weighted by atomic mass is 15.1. The van der Waals surface area contributed by atoms with Crippen LogP contribution in [0.4, 0.5) is 17.1 Å². The smallest absolute Gasteiger partial charge is 0.138 e. The molecule has 0 aliphatic rings. The number of hydrogen-bond acceptors (Lipinski definition) is 3. The van der Waals surface area contributed by atoms with E-state index in [1.54, 1.807) is 0 Å². The van der Waals surface area contributed by atoms with Crippen molar-refractivity contribution >= 4 is 17.1 Å². The van der Waals surface area contributed by atoms with Crippen LogP contribution in [-0.2, 0) is 0 Å². The van der Waals surface area contributed by atoms with Crippen molar-refractivity contribution in [3.8, 4) is 67.8 Å². The maximum atomic E-state index is 5.12. The zero-order valence-electron chi connectivity index (χ0n) is 28.9. The van der Waals surface area contributed by atoms with Crippen LogP contribution in [0, 0.1) is 0 Å². The molecule has 0 radical (unpaired) electrons. The van der Waals surface area contributed by atoms with E-state index >= 15 is 0 Å². The molecule has 53 heavy (non-hydrogen) atoms. The lowest BCUT2D eigenvalue weighted by Gasteiger charge is -2.25. The van der Waals surface area contributed by atoms with Gasteiger partial charge >= 0.3 is 0 Å². The molecule has 0 unspecified atom stereocenters. The van der Waals surface area contributed by atoms with Crippen LogP contribution in [0.3, 0.4) is 0 Å². The van der Waals surface area contributed by atoms with Crippen molar-refractivity contribution in [2.45, 2.75) is 0 Å². The van der Waals surface area contributed by atoms with Gasteiger partial charge in [-0.25, -0.2) is 9.97 Å². The van der Waals surface area contributed by atoms with Crippen LogP contribution >= 0.6 is 0 Å². The first-order chi connectivity index (χ1) is 26.3. The van der Waals surface area contributed by atoms with Crippen LogP contribution in [0.15, 0.2) is 200 Å². The second kappa shape index (κ2) is 14.2. The third kappa shape index (κ3) is 6.44. The number of nitrogens with zero attached hydrogens (tertiary/aromatic N) is 3. The highest BCUT2D eigenvalue weighted by Crippen LogP contribution is 2.39.